The molecule has 1 atom stereocenters. The third-order valence-electron chi connectivity index (χ3n) is 4.52. The number of ketones is 1. The summed E-state index contributed by atoms with van der Waals surface area (Å²) in [5.41, 5.74) is 1.38. The minimum Gasteiger partial charge on any atom is -0.484 e. The maximum Gasteiger partial charge on any atom is 0.259 e. The van der Waals surface area contributed by atoms with Crippen LogP contribution in [-0.2, 0) is 9.59 Å². The van der Waals surface area contributed by atoms with E-state index in [2.05, 4.69) is 5.32 Å². The Balaban J connectivity index is 1.98. The average Bonchev–Trinajstić information content (AvgIpc) is 2.74. The molecule has 160 valence electrons. The van der Waals surface area contributed by atoms with Crippen molar-refractivity contribution >= 4 is 17.6 Å². The van der Waals surface area contributed by atoms with Crippen molar-refractivity contribution < 1.29 is 23.9 Å². The standard InChI is InChI=1S/C23H28N2O5/c1-5-20(19-8-6-7-9-21(19)30-15-23(28)25(3)4)24-22(27)14-29-18-12-10-17(11-13-18)16(2)26/h6-13,20H,5,14-15H2,1-4H3,(H,24,27). The minimum absolute atomic E-state index is 0.0294. The van der Waals surface area contributed by atoms with E-state index in [1.165, 1.54) is 11.8 Å². The van der Waals surface area contributed by atoms with Gasteiger partial charge in [0.2, 0.25) is 0 Å². The zero-order chi connectivity index (χ0) is 22.1. The topological polar surface area (TPSA) is 84.9 Å². The minimum atomic E-state index is -0.285. The zero-order valence-corrected chi connectivity index (χ0v) is 17.8. The molecule has 0 fully saturated rings. The highest BCUT2D eigenvalue weighted by molar-refractivity contribution is 5.94. The van der Waals surface area contributed by atoms with Gasteiger partial charge in [0.1, 0.15) is 11.5 Å². The van der Waals surface area contributed by atoms with Crippen LogP contribution in [0.4, 0.5) is 0 Å². The summed E-state index contributed by atoms with van der Waals surface area (Å²) in [5, 5.41) is 2.94. The Morgan fingerprint density at radius 1 is 0.967 bits per heavy atom. The third-order valence-corrected chi connectivity index (χ3v) is 4.52. The van der Waals surface area contributed by atoms with Gasteiger partial charge in [-0.1, -0.05) is 25.1 Å². The van der Waals surface area contributed by atoms with Crippen molar-refractivity contribution in [1.82, 2.24) is 10.2 Å². The predicted octanol–water partition coefficient (Wildman–Crippen LogP) is 3.00. The van der Waals surface area contributed by atoms with E-state index in [1.807, 2.05) is 25.1 Å². The second kappa shape index (κ2) is 11.0. The molecule has 0 bridgehead atoms. The van der Waals surface area contributed by atoms with Crippen molar-refractivity contribution in [2.24, 2.45) is 0 Å². The van der Waals surface area contributed by atoms with Crippen LogP contribution in [0.5, 0.6) is 11.5 Å². The molecule has 30 heavy (non-hydrogen) atoms. The van der Waals surface area contributed by atoms with Crippen molar-refractivity contribution in [3.05, 3.63) is 59.7 Å². The highest BCUT2D eigenvalue weighted by Gasteiger charge is 2.18. The van der Waals surface area contributed by atoms with Crippen molar-refractivity contribution in [1.29, 1.82) is 0 Å². The largest absolute Gasteiger partial charge is 0.484 e. The van der Waals surface area contributed by atoms with Gasteiger partial charge in [-0.2, -0.15) is 0 Å². The number of nitrogens with one attached hydrogen (secondary N) is 1. The fourth-order valence-electron chi connectivity index (χ4n) is 2.74. The molecule has 0 saturated heterocycles. The second-order valence-corrected chi connectivity index (χ2v) is 7.01. The van der Waals surface area contributed by atoms with E-state index in [0.29, 0.717) is 23.5 Å². The lowest BCUT2D eigenvalue weighted by Gasteiger charge is -2.21. The molecule has 2 amide bonds. The molecule has 2 rings (SSSR count). The number of Topliss-reactive ketones (excluding diaryl/α,β-unsaturated/α-hetero) is 1. The van der Waals surface area contributed by atoms with Gasteiger partial charge in [-0.25, -0.2) is 0 Å². The number of ether oxygens (including phenoxy) is 2. The third kappa shape index (κ3) is 6.62. The fourth-order valence-corrected chi connectivity index (χ4v) is 2.74. The first-order chi connectivity index (χ1) is 14.3. The van der Waals surface area contributed by atoms with Gasteiger partial charge in [0.25, 0.3) is 11.8 Å². The first-order valence-corrected chi connectivity index (χ1v) is 9.76. The van der Waals surface area contributed by atoms with Gasteiger partial charge in [0.15, 0.2) is 19.0 Å². The van der Waals surface area contributed by atoms with E-state index < -0.39 is 0 Å². The molecule has 0 aliphatic carbocycles. The van der Waals surface area contributed by atoms with Gasteiger partial charge in [-0.3, -0.25) is 14.4 Å². The van der Waals surface area contributed by atoms with E-state index in [9.17, 15) is 14.4 Å². The van der Waals surface area contributed by atoms with Crippen LogP contribution in [0.2, 0.25) is 0 Å². The van der Waals surface area contributed by atoms with E-state index in [1.54, 1.807) is 44.4 Å². The lowest BCUT2D eigenvalue weighted by atomic mass is 10.0. The summed E-state index contributed by atoms with van der Waals surface area (Å²) < 4.78 is 11.2. The molecule has 0 heterocycles. The quantitative estimate of drug-likeness (QED) is 0.607. The lowest BCUT2D eigenvalue weighted by molar-refractivity contribution is -0.130. The van der Waals surface area contributed by atoms with Gasteiger partial charge in [0.05, 0.1) is 6.04 Å². The summed E-state index contributed by atoms with van der Waals surface area (Å²) in [5.74, 6) is 0.607. The van der Waals surface area contributed by atoms with Crippen LogP contribution in [0.25, 0.3) is 0 Å². The lowest BCUT2D eigenvalue weighted by Crippen LogP contribution is -2.33. The normalized spacial score (nSPS) is 11.3. The summed E-state index contributed by atoms with van der Waals surface area (Å²) in [6.07, 6.45) is 0.640. The van der Waals surface area contributed by atoms with Crippen molar-refractivity contribution in [2.75, 3.05) is 27.3 Å². The van der Waals surface area contributed by atoms with E-state index in [-0.39, 0.29) is 36.9 Å². The van der Waals surface area contributed by atoms with Gasteiger partial charge < -0.3 is 19.7 Å². The number of carbonyl (C=O) groups is 3. The summed E-state index contributed by atoms with van der Waals surface area (Å²) in [6.45, 7) is 3.21. The van der Waals surface area contributed by atoms with Crippen molar-refractivity contribution in [3.63, 3.8) is 0 Å². The molecule has 0 aromatic heterocycles. The summed E-state index contributed by atoms with van der Waals surface area (Å²) >= 11 is 0. The fraction of sp³-hybridized carbons (Fsp3) is 0.348. The van der Waals surface area contributed by atoms with Crippen LogP contribution in [0.3, 0.4) is 0 Å². The molecular weight excluding hydrogens is 384 g/mol. The molecule has 0 radical (unpaired) electrons. The molecule has 0 saturated carbocycles. The van der Waals surface area contributed by atoms with E-state index in [4.69, 9.17) is 9.47 Å². The summed E-state index contributed by atoms with van der Waals surface area (Å²) in [7, 11) is 3.33. The molecule has 0 spiro atoms. The van der Waals surface area contributed by atoms with E-state index in [0.717, 1.165) is 5.56 Å². The summed E-state index contributed by atoms with van der Waals surface area (Å²) in [6, 6.07) is 13.7. The molecule has 0 aliphatic heterocycles. The Kier molecular flexibility index (Phi) is 8.41. The highest BCUT2D eigenvalue weighted by atomic mass is 16.5. The highest BCUT2D eigenvalue weighted by Crippen LogP contribution is 2.27. The number of hydrogen-bond acceptors (Lipinski definition) is 5. The van der Waals surface area contributed by atoms with Crippen molar-refractivity contribution in [2.45, 2.75) is 26.3 Å². The van der Waals surface area contributed by atoms with Crippen LogP contribution < -0.4 is 14.8 Å². The van der Waals surface area contributed by atoms with Crippen LogP contribution in [0.1, 0.15) is 42.2 Å². The Labute approximate surface area is 177 Å². The van der Waals surface area contributed by atoms with Crippen LogP contribution in [0, 0.1) is 0 Å². The maximum absolute atomic E-state index is 12.4. The predicted molar refractivity (Wildman–Crippen MR) is 114 cm³/mol. The number of benzene rings is 2. The maximum atomic E-state index is 12.4. The molecule has 2 aromatic rings. The zero-order valence-electron chi connectivity index (χ0n) is 17.8. The van der Waals surface area contributed by atoms with Crippen LogP contribution in [0.15, 0.2) is 48.5 Å². The average molecular weight is 412 g/mol. The van der Waals surface area contributed by atoms with Crippen LogP contribution >= 0.6 is 0 Å². The number of rotatable bonds is 10. The van der Waals surface area contributed by atoms with Gasteiger partial charge in [-0.15, -0.1) is 0 Å². The second-order valence-electron chi connectivity index (χ2n) is 7.01. The van der Waals surface area contributed by atoms with Crippen LogP contribution in [-0.4, -0.2) is 49.8 Å². The molecule has 2 aromatic carbocycles. The Morgan fingerprint density at radius 2 is 1.63 bits per heavy atom. The molecule has 7 heteroatoms. The Bertz CT molecular complexity index is 877. The number of hydrogen-bond donors (Lipinski definition) is 1. The van der Waals surface area contributed by atoms with Gasteiger partial charge in [-0.05, 0) is 43.7 Å². The van der Waals surface area contributed by atoms with Gasteiger partial charge in [0, 0.05) is 25.2 Å². The Morgan fingerprint density at radius 3 is 2.23 bits per heavy atom. The Hall–Kier alpha value is -3.35. The monoisotopic (exact) mass is 412 g/mol. The SMILES string of the molecule is CCC(NC(=O)COc1ccc(C(C)=O)cc1)c1ccccc1OCC(=O)N(C)C. The van der Waals surface area contributed by atoms with Crippen molar-refractivity contribution in [3.8, 4) is 11.5 Å². The summed E-state index contributed by atoms with van der Waals surface area (Å²) in [4.78, 5) is 37.0. The first kappa shape index (κ1) is 22.9. The molecule has 0 aliphatic rings. The molecular formula is C23H28N2O5. The first-order valence-electron chi connectivity index (χ1n) is 9.76. The molecule has 7 nitrogen and oxygen atoms in total. The number of nitrogens with zero attached hydrogens (tertiary/aromatic N) is 1. The number of likely N-dealkylation sites (N-methyl/N-ethyl adjacent to an activating group) is 1. The number of amides is 2. The van der Waals surface area contributed by atoms with E-state index >= 15 is 0 Å². The number of para-hydroxylation sites is 1. The molecule has 1 unspecified atom stereocenters. The smallest absolute Gasteiger partial charge is 0.259 e. The number of carbonyl (C=O) groups excluding carboxylic acids is 3. The molecule has 1 N–H and O–H groups in total. The van der Waals surface area contributed by atoms with Gasteiger partial charge >= 0.3 is 0 Å².